The normalized spacial score (nSPS) is 10.7. The van der Waals surface area contributed by atoms with Gasteiger partial charge < -0.3 is 17.6 Å². The Morgan fingerprint density at radius 3 is 1.28 bits per heavy atom. The second kappa shape index (κ2) is 20.6. The minimum absolute atomic E-state index is 0.0309. The van der Waals surface area contributed by atoms with Gasteiger partial charge >= 0.3 is 138 Å². The van der Waals surface area contributed by atoms with Crippen LogP contribution in [0.1, 0.15) is 30.8 Å². The molecule has 58 heavy (non-hydrogen) atoms. The molecule has 0 aliphatic heterocycles. The monoisotopic (exact) mass is 982 g/mol. The van der Waals surface area contributed by atoms with E-state index >= 15 is 0 Å². The predicted molar refractivity (Wildman–Crippen MR) is 247 cm³/mol. The minimum Gasteiger partial charge on any atom is -0.778 e. The van der Waals surface area contributed by atoms with E-state index in [4.69, 9.17) is 35.8 Å². The molecule has 8 rings (SSSR count). The quantitative estimate of drug-likeness (QED) is 0.149. The van der Waals surface area contributed by atoms with Gasteiger partial charge in [-0.1, -0.05) is 147 Å². The van der Waals surface area contributed by atoms with E-state index in [-0.39, 0.29) is 5.41 Å². The summed E-state index contributed by atoms with van der Waals surface area (Å²) in [6.45, 7) is 8.41. The van der Waals surface area contributed by atoms with Gasteiger partial charge in [0.25, 0.3) is 0 Å². The van der Waals surface area contributed by atoms with Gasteiger partial charge in [0, 0.05) is 0 Å². The standard InChI is InChI=1S/C30H22S.C10H12.C6H3Cl2N.C6H8N.W/c31-30-28(24-17-9-3-10-18-24)26(22-13-5-1-6-14-22)21-27(23-15-7-2-8-16-23)29(30)25-19-11-4-12-20-25;1-10(2,3)9-7-5-4-6-8-9;7-4-2-1-3-5(8)6(4)9;1-5-3-4-6(2)7-5;/h1-21,31H;1,4-8H,2-3H3;1-3H;3-4H,1-2H3;/q;;;-1;/p-1. The zero-order chi connectivity index (χ0) is 40.9. The van der Waals surface area contributed by atoms with Gasteiger partial charge in [-0.3, -0.25) is 0 Å². The number of hydrogen-bond acceptors (Lipinski definition) is 2. The summed E-state index contributed by atoms with van der Waals surface area (Å²) in [4.78, 5) is 5.00. The molecule has 0 saturated heterocycles. The van der Waals surface area contributed by atoms with Gasteiger partial charge in [-0.05, 0) is 50.6 Å². The predicted octanol–water partition coefficient (Wildman–Crippen LogP) is 15.2. The Morgan fingerprint density at radius 1 is 0.517 bits per heavy atom. The number of halogens is 2. The van der Waals surface area contributed by atoms with Crippen molar-refractivity contribution in [1.82, 2.24) is 4.98 Å². The third kappa shape index (κ3) is 11.1. The molecule has 0 spiro atoms. The molecule has 0 fully saturated rings. The van der Waals surface area contributed by atoms with Gasteiger partial charge in [-0.25, -0.2) is 0 Å². The Balaban J connectivity index is 0.000000179. The van der Waals surface area contributed by atoms with Crippen LogP contribution in [0.25, 0.3) is 44.5 Å². The summed E-state index contributed by atoms with van der Waals surface area (Å²) in [5.74, 6) is 0. The van der Waals surface area contributed by atoms with Crippen molar-refractivity contribution >= 4 is 45.9 Å². The van der Waals surface area contributed by atoms with Crippen molar-refractivity contribution < 1.29 is 17.9 Å². The van der Waals surface area contributed by atoms with Crippen molar-refractivity contribution in [3.8, 4) is 44.5 Å². The topological polar surface area (TPSA) is 26.5 Å². The van der Waals surface area contributed by atoms with Crippen LogP contribution >= 0.6 is 23.2 Å². The fourth-order valence-electron chi connectivity index (χ4n) is 6.45. The van der Waals surface area contributed by atoms with Crippen molar-refractivity contribution in [2.45, 2.75) is 38.0 Å². The zero-order valence-electron chi connectivity index (χ0n) is 32.9. The Morgan fingerprint density at radius 2 is 0.897 bits per heavy atom. The maximum absolute atomic E-state index is 6.23. The van der Waals surface area contributed by atoms with Crippen molar-refractivity contribution in [3.63, 3.8) is 0 Å². The van der Waals surface area contributed by atoms with Crippen molar-refractivity contribution in [2.24, 2.45) is 3.50 Å². The molecule has 1 aromatic heterocycles. The molecule has 0 unspecified atom stereocenters. The largest absolute Gasteiger partial charge is 0.778 e. The van der Waals surface area contributed by atoms with E-state index in [1.165, 1.54) is 16.7 Å². The summed E-state index contributed by atoms with van der Waals surface area (Å²) < 4.78 is 7.00. The van der Waals surface area contributed by atoms with Crippen LogP contribution in [-0.2, 0) is 36.0 Å². The van der Waals surface area contributed by atoms with Crippen molar-refractivity contribution in [1.29, 1.82) is 0 Å². The molecule has 8 aromatic rings. The fourth-order valence-corrected chi connectivity index (χ4v) is 10.5. The Kier molecular flexibility index (Phi) is 15.1. The first kappa shape index (κ1) is 42.6. The number of rotatable bonds is 7. The molecule has 0 aliphatic rings. The molecule has 0 radical (unpaired) electrons. The van der Waals surface area contributed by atoms with Crippen LogP contribution in [0, 0.1) is 13.8 Å². The Bertz CT molecular complexity index is 2460. The van der Waals surface area contributed by atoms with E-state index < -0.39 is 17.9 Å². The van der Waals surface area contributed by atoms with E-state index in [0.29, 0.717) is 10.0 Å². The number of aromatic nitrogens is 1. The molecular formula is C52H44Cl2N2SW-2. The first-order valence-electron chi connectivity index (χ1n) is 19.0. The van der Waals surface area contributed by atoms with E-state index in [2.05, 4.69) is 166 Å². The van der Waals surface area contributed by atoms with Gasteiger partial charge in [0.05, 0.1) is 0 Å². The summed E-state index contributed by atoms with van der Waals surface area (Å²) in [5.41, 5.74) is 13.5. The summed E-state index contributed by atoms with van der Waals surface area (Å²) in [6.07, 6.45) is 0. The molecule has 0 N–H and O–H groups in total. The van der Waals surface area contributed by atoms with Crippen LogP contribution in [-0.4, -0.2) is 4.40 Å². The third-order valence-electron chi connectivity index (χ3n) is 9.44. The molecule has 6 heteroatoms. The van der Waals surface area contributed by atoms with Gasteiger partial charge in [0.2, 0.25) is 0 Å². The summed E-state index contributed by atoms with van der Waals surface area (Å²) in [6, 6.07) is 64.4. The van der Waals surface area contributed by atoms with E-state index in [1.807, 2.05) is 62.4 Å². The molecule has 2 nitrogen and oxygen atoms in total. The van der Waals surface area contributed by atoms with Crippen molar-refractivity contribution in [3.05, 3.63) is 215 Å². The second-order valence-electron chi connectivity index (χ2n) is 14.2. The summed E-state index contributed by atoms with van der Waals surface area (Å²) in [5, 5.41) is 1.26. The smallest absolute Gasteiger partial charge is 0.0114 e. The minimum atomic E-state index is -1.01. The molecule has 290 valence electrons. The van der Waals surface area contributed by atoms with E-state index in [1.54, 1.807) is 0 Å². The van der Waals surface area contributed by atoms with Gasteiger partial charge in [0.15, 0.2) is 0 Å². The van der Waals surface area contributed by atoms with Crippen LogP contribution in [0.3, 0.4) is 0 Å². The van der Waals surface area contributed by atoms with Crippen molar-refractivity contribution in [2.75, 3.05) is 0 Å². The van der Waals surface area contributed by atoms with Gasteiger partial charge in [-0.15, -0.1) is 0 Å². The number of nitrogens with zero attached hydrogens (tertiary/aromatic N) is 2. The maximum Gasteiger partial charge on any atom is -0.0114 e. The number of aryl methyl sites for hydroxylation is 2. The molecule has 0 bridgehead atoms. The zero-order valence-corrected chi connectivity index (χ0v) is 38.2. The summed E-state index contributed by atoms with van der Waals surface area (Å²) in [7, 11) is 0. The molecule has 0 aliphatic carbocycles. The molecule has 0 amide bonds. The van der Waals surface area contributed by atoms with Gasteiger partial charge in [0.1, 0.15) is 0 Å². The maximum atomic E-state index is 6.23. The first-order valence-corrected chi connectivity index (χ1v) is 23.2. The average molecular weight is 984 g/mol. The van der Waals surface area contributed by atoms with Crippen LogP contribution < -0.4 is 4.98 Å². The second-order valence-corrected chi connectivity index (χ2v) is 17.7. The number of benzene rings is 7. The molecule has 0 atom stereocenters. The Hall–Kier alpha value is -5.02. The Labute approximate surface area is 367 Å². The van der Waals surface area contributed by atoms with Crippen LogP contribution in [0.5, 0.6) is 0 Å². The van der Waals surface area contributed by atoms with Crippen LogP contribution in [0.4, 0.5) is 5.69 Å². The van der Waals surface area contributed by atoms with Crippen LogP contribution in [0.2, 0.25) is 10.0 Å². The first-order chi connectivity index (χ1) is 28.1. The van der Waals surface area contributed by atoms with Gasteiger partial charge in [-0.2, -0.15) is 16.3 Å². The average Bonchev–Trinajstić information content (AvgIpc) is 3.65. The third-order valence-corrected chi connectivity index (χ3v) is 14.0. The van der Waals surface area contributed by atoms with E-state index in [0.717, 1.165) is 55.4 Å². The van der Waals surface area contributed by atoms with E-state index in [9.17, 15) is 0 Å². The molecule has 7 aromatic carbocycles. The summed E-state index contributed by atoms with van der Waals surface area (Å²) >= 11 is 17.5. The van der Waals surface area contributed by atoms with Crippen LogP contribution in [0.15, 0.2) is 196 Å². The number of hydrogen-bond donors (Lipinski definition) is 0. The molecule has 0 saturated carbocycles. The fraction of sp³-hybridized carbons (Fsp3) is 0.0962. The molecule has 1 heterocycles. The molecular weight excluding hydrogens is 939 g/mol. The SMILES string of the molecule is CC(C)([CH]=[W]=[N]c1c(Cl)cccc1Cl)c1ccccc1.Cc1ccc(C)[n-]1.[S-]c1c(-c2ccccc2)c(-c2ccccc2)cc(-c2ccccc2)c1-c1ccccc1.